The lowest BCUT2D eigenvalue weighted by Gasteiger charge is -2.36. The Morgan fingerprint density at radius 3 is 2.46 bits per heavy atom. The van der Waals surface area contributed by atoms with Crippen LogP contribution in [0, 0.1) is 5.92 Å². The molecule has 7 nitrogen and oxygen atoms in total. The number of nitrogens with one attached hydrogen (secondary N) is 1. The van der Waals surface area contributed by atoms with Crippen LogP contribution in [0.3, 0.4) is 0 Å². The number of amides is 3. The smallest absolute Gasteiger partial charge is 0.410 e. The third kappa shape index (κ3) is 5.35. The average molecular weight is 367 g/mol. The van der Waals surface area contributed by atoms with Gasteiger partial charge in [0.25, 0.3) is 0 Å². The highest BCUT2D eigenvalue weighted by atomic mass is 16.6. The van der Waals surface area contributed by atoms with E-state index in [1.165, 1.54) is 0 Å². The van der Waals surface area contributed by atoms with Crippen molar-refractivity contribution in [2.24, 2.45) is 5.92 Å². The summed E-state index contributed by atoms with van der Waals surface area (Å²) in [4.78, 5) is 41.0. The minimum Gasteiger partial charge on any atom is -0.444 e. The number of rotatable bonds is 4. The van der Waals surface area contributed by atoms with Gasteiger partial charge in [0.1, 0.15) is 11.6 Å². The third-order valence-corrected chi connectivity index (χ3v) is 4.82. The van der Waals surface area contributed by atoms with Crippen LogP contribution < -0.4 is 5.32 Å². The van der Waals surface area contributed by atoms with Crippen LogP contribution in [0.2, 0.25) is 0 Å². The fraction of sp³-hybridized carbons (Fsp3) is 0.842. The second kappa shape index (κ2) is 8.73. The van der Waals surface area contributed by atoms with Crippen molar-refractivity contribution < 1.29 is 19.1 Å². The van der Waals surface area contributed by atoms with E-state index in [2.05, 4.69) is 5.32 Å². The summed E-state index contributed by atoms with van der Waals surface area (Å²) in [6, 6.07) is -0.470. The highest BCUT2D eigenvalue weighted by Gasteiger charge is 2.40. The van der Waals surface area contributed by atoms with Gasteiger partial charge in [-0.1, -0.05) is 6.92 Å². The van der Waals surface area contributed by atoms with Gasteiger partial charge in [-0.3, -0.25) is 14.5 Å². The van der Waals surface area contributed by atoms with E-state index in [0.29, 0.717) is 32.6 Å². The van der Waals surface area contributed by atoms with Crippen LogP contribution in [0.1, 0.15) is 59.8 Å². The summed E-state index contributed by atoms with van der Waals surface area (Å²) in [7, 11) is 0. The molecule has 0 bridgehead atoms. The van der Waals surface area contributed by atoms with Gasteiger partial charge < -0.3 is 15.0 Å². The van der Waals surface area contributed by atoms with E-state index in [0.717, 1.165) is 25.7 Å². The Labute approximate surface area is 156 Å². The first-order chi connectivity index (χ1) is 12.2. The first kappa shape index (κ1) is 20.5. The second-order valence-corrected chi connectivity index (χ2v) is 8.25. The topological polar surface area (TPSA) is 79.0 Å². The molecule has 26 heavy (non-hydrogen) atoms. The molecular formula is C19H33N3O4. The zero-order valence-corrected chi connectivity index (χ0v) is 16.5. The fourth-order valence-electron chi connectivity index (χ4n) is 3.56. The summed E-state index contributed by atoms with van der Waals surface area (Å²) in [6.45, 7) is 9.77. The van der Waals surface area contributed by atoms with Crippen molar-refractivity contribution in [2.45, 2.75) is 71.4 Å². The molecule has 0 aromatic heterocycles. The Morgan fingerprint density at radius 2 is 1.81 bits per heavy atom. The summed E-state index contributed by atoms with van der Waals surface area (Å²) in [5.74, 6) is -0.184. The molecule has 2 rings (SSSR count). The number of carbonyl (C=O) groups excluding carboxylic acids is 3. The van der Waals surface area contributed by atoms with Crippen LogP contribution >= 0.6 is 0 Å². The molecule has 0 aliphatic carbocycles. The molecule has 0 aromatic carbocycles. The van der Waals surface area contributed by atoms with Gasteiger partial charge in [0.15, 0.2) is 0 Å². The number of carbonyl (C=O) groups is 3. The molecule has 2 unspecified atom stereocenters. The molecule has 2 aliphatic heterocycles. The Balaban J connectivity index is 1.98. The maximum Gasteiger partial charge on any atom is 0.410 e. The largest absolute Gasteiger partial charge is 0.444 e. The van der Waals surface area contributed by atoms with E-state index in [9.17, 15) is 14.4 Å². The van der Waals surface area contributed by atoms with Crippen molar-refractivity contribution in [3.05, 3.63) is 0 Å². The van der Waals surface area contributed by atoms with Crippen LogP contribution in [0.4, 0.5) is 4.79 Å². The zero-order chi connectivity index (χ0) is 19.3. The maximum absolute atomic E-state index is 13.0. The molecule has 1 N–H and O–H groups in total. The van der Waals surface area contributed by atoms with E-state index in [4.69, 9.17) is 4.74 Å². The maximum atomic E-state index is 13.0. The second-order valence-electron chi connectivity index (χ2n) is 8.25. The number of ether oxygens (including phenoxy) is 1. The molecule has 148 valence electrons. The molecule has 3 amide bonds. The van der Waals surface area contributed by atoms with E-state index in [1.54, 1.807) is 9.80 Å². The summed E-state index contributed by atoms with van der Waals surface area (Å²) < 4.78 is 5.45. The first-order valence-corrected chi connectivity index (χ1v) is 9.79. The van der Waals surface area contributed by atoms with Crippen molar-refractivity contribution in [1.82, 2.24) is 15.1 Å². The highest BCUT2D eigenvalue weighted by molar-refractivity contribution is 5.87. The molecule has 0 radical (unpaired) electrons. The van der Waals surface area contributed by atoms with Crippen molar-refractivity contribution >= 4 is 17.9 Å². The van der Waals surface area contributed by atoms with Crippen molar-refractivity contribution in [3.8, 4) is 0 Å². The molecule has 2 fully saturated rings. The summed E-state index contributed by atoms with van der Waals surface area (Å²) in [5, 5.41) is 2.92. The standard InChI is InChI=1S/C19H33N3O4/c1-5-10-20-16(23)14-8-6-11-21(13-14)17(24)15-9-7-12-22(15)18(25)26-19(2,3)4/h14-15H,5-13H2,1-4H3,(H,20,23). The van der Waals surface area contributed by atoms with Crippen molar-refractivity contribution in [2.75, 3.05) is 26.2 Å². The summed E-state index contributed by atoms with van der Waals surface area (Å²) >= 11 is 0. The number of likely N-dealkylation sites (tertiary alicyclic amines) is 2. The van der Waals surface area contributed by atoms with E-state index >= 15 is 0 Å². The van der Waals surface area contributed by atoms with Gasteiger partial charge in [-0.05, 0) is 52.9 Å². The van der Waals surface area contributed by atoms with Crippen LogP contribution in [-0.4, -0.2) is 65.5 Å². The Hall–Kier alpha value is -1.79. The van der Waals surface area contributed by atoms with Gasteiger partial charge in [-0.15, -0.1) is 0 Å². The average Bonchev–Trinajstić information content (AvgIpc) is 3.07. The first-order valence-electron chi connectivity index (χ1n) is 9.79. The molecule has 2 heterocycles. The number of nitrogens with zero attached hydrogens (tertiary/aromatic N) is 2. The molecular weight excluding hydrogens is 334 g/mol. The molecule has 2 atom stereocenters. The third-order valence-electron chi connectivity index (χ3n) is 4.82. The Bertz CT molecular complexity index is 529. The van der Waals surface area contributed by atoms with Gasteiger partial charge in [-0.25, -0.2) is 4.79 Å². The predicted molar refractivity (Wildman–Crippen MR) is 98.6 cm³/mol. The minimum atomic E-state index is -0.582. The van der Waals surface area contributed by atoms with Crippen molar-refractivity contribution in [1.29, 1.82) is 0 Å². The van der Waals surface area contributed by atoms with Crippen LogP contribution in [-0.2, 0) is 14.3 Å². The molecule has 2 saturated heterocycles. The monoisotopic (exact) mass is 367 g/mol. The summed E-state index contributed by atoms with van der Waals surface area (Å²) in [5.41, 5.74) is -0.582. The Morgan fingerprint density at radius 1 is 1.12 bits per heavy atom. The van der Waals surface area contributed by atoms with Gasteiger partial charge in [0.2, 0.25) is 11.8 Å². The van der Waals surface area contributed by atoms with Crippen molar-refractivity contribution in [3.63, 3.8) is 0 Å². The SMILES string of the molecule is CCCNC(=O)C1CCCN(C(=O)C2CCCN2C(=O)OC(C)(C)C)C1. The number of hydrogen-bond donors (Lipinski definition) is 1. The van der Waals surface area contributed by atoms with Crippen LogP contribution in [0.25, 0.3) is 0 Å². The quantitative estimate of drug-likeness (QED) is 0.826. The van der Waals surface area contributed by atoms with Gasteiger partial charge in [0, 0.05) is 26.2 Å². The molecule has 0 aromatic rings. The predicted octanol–water partition coefficient (Wildman–Crippen LogP) is 2.15. The number of piperidine rings is 1. The van der Waals surface area contributed by atoms with Crippen LogP contribution in [0.5, 0.6) is 0 Å². The van der Waals surface area contributed by atoms with Gasteiger partial charge in [-0.2, -0.15) is 0 Å². The molecule has 7 heteroatoms. The lowest BCUT2D eigenvalue weighted by Crippen LogP contribution is -2.53. The van der Waals surface area contributed by atoms with E-state index < -0.39 is 17.7 Å². The van der Waals surface area contributed by atoms with E-state index in [1.807, 2.05) is 27.7 Å². The highest BCUT2D eigenvalue weighted by Crippen LogP contribution is 2.25. The Kier molecular flexibility index (Phi) is 6.89. The lowest BCUT2D eigenvalue weighted by atomic mass is 9.96. The summed E-state index contributed by atoms with van der Waals surface area (Å²) in [6.07, 6.45) is 3.54. The normalized spacial score (nSPS) is 23.7. The zero-order valence-electron chi connectivity index (χ0n) is 16.5. The van der Waals surface area contributed by atoms with E-state index in [-0.39, 0.29) is 17.7 Å². The lowest BCUT2D eigenvalue weighted by molar-refractivity contribution is -0.139. The van der Waals surface area contributed by atoms with Crippen LogP contribution in [0.15, 0.2) is 0 Å². The molecule has 0 spiro atoms. The number of hydrogen-bond acceptors (Lipinski definition) is 4. The van der Waals surface area contributed by atoms with Gasteiger partial charge >= 0.3 is 6.09 Å². The molecule has 2 aliphatic rings. The fourth-order valence-corrected chi connectivity index (χ4v) is 3.56. The molecule has 0 saturated carbocycles. The minimum absolute atomic E-state index is 0.0276. The van der Waals surface area contributed by atoms with Gasteiger partial charge in [0.05, 0.1) is 5.92 Å².